The van der Waals surface area contributed by atoms with Crippen molar-refractivity contribution >= 4 is 5.78 Å². The van der Waals surface area contributed by atoms with Gasteiger partial charge in [-0.3, -0.25) is 4.79 Å². The molecule has 4 atom stereocenters. The molecule has 0 amide bonds. The highest BCUT2D eigenvalue weighted by molar-refractivity contribution is 5.88. The summed E-state index contributed by atoms with van der Waals surface area (Å²) in [6.07, 6.45) is 5.23. The number of ketones is 1. The number of rotatable bonds is 1. The fraction of sp³-hybridized carbons (Fsp3) is 0.583. The van der Waals surface area contributed by atoms with Gasteiger partial charge in [0.05, 0.1) is 0 Å². The first-order chi connectivity index (χ1) is 6.15. The maximum atomic E-state index is 11.8. The molecule has 3 aliphatic rings. The van der Waals surface area contributed by atoms with Gasteiger partial charge in [0.25, 0.3) is 0 Å². The molecule has 0 radical (unpaired) electrons. The molecule has 3 aliphatic carbocycles. The molecule has 1 fully saturated rings. The Morgan fingerprint density at radius 2 is 2.31 bits per heavy atom. The third-order valence-electron chi connectivity index (χ3n) is 3.70. The SMILES string of the molecule is C=C[C@@H]1C[C@@H]2C(C)=C[C@H]1C(=O)C2C. The quantitative estimate of drug-likeness (QED) is 0.561. The Labute approximate surface area is 79.5 Å². The second kappa shape index (κ2) is 2.83. The fourth-order valence-electron chi connectivity index (χ4n) is 2.79. The Balaban J connectivity index is 2.39. The zero-order valence-electron chi connectivity index (χ0n) is 8.29. The Hall–Kier alpha value is -0.850. The van der Waals surface area contributed by atoms with Gasteiger partial charge in [0.2, 0.25) is 0 Å². The van der Waals surface area contributed by atoms with Gasteiger partial charge in [0, 0.05) is 11.8 Å². The molecule has 0 N–H and O–H groups in total. The van der Waals surface area contributed by atoms with E-state index in [1.54, 1.807) is 0 Å². The number of fused-ring (bicyclic) bond motifs is 2. The number of allylic oxidation sites excluding steroid dienone is 3. The summed E-state index contributed by atoms with van der Waals surface area (Å²) >= 11 is 0. The van der Waals surface area contributed by atoms with Crippen molar-refractivity contribution in [1.82, 2.24) is 0 Å². The number of carbonyl (C=O) groups is 1. The van der Waals surface area contributed by atoms with Crippen LogP contribution in [-0.2, 0) is 4.79 Å². The smallest absolute Gasteiger partial charge is 0.143 e. The topological polar surface area (TPSA) is 17.1 Å². The third-order valence-corrected chi connectivity index (χ3v) is 3.70. The Kier molecular flexibility index (Phi) is 1.90. The first kappa shape index (κ1) is 8.74. The number of hydrogen-bond acceptors (Lipinski definition) is 1. The van der Waals surface area contributed by atoms with Crippen LogP contribution < -0.4 is 0 Å². The minimum atomic E-state index is 0.137. The van der Waals surface area contributed by atoms with Crippen LogP contribution in [0, 0.1) is 23.7 Å². The van der Waals surface area contributed by atoms with Crippen LogP contribution in [0.2, 0.25) is 0 Å². The summed E-state index contributed by atoms with van der Waals surface area (Å²) < 4.78 is 0. The molecule has 0 spiro atoms. The first-order valence-corrected chi connectivity index (χ1v) is 4.99. The average molecular weight is 176 g/mol. The highest BCUT2D eigenvalue weighted by Gasteiger charge is 2.43. The van der Waals surface area contributed by atoms with Gasteiger partial charge in [-0.15, -0.1) is 6.58 Å². The average Bonchev–Trinajstić information content (AvgIpc) is 2.13. The Morgan fingerprint density at radius 3 is 2.92 bits per heavy atom. The molecule has 13 heavy (non-hydrogen) atoms. The molecule has 1 saturated carbocycles. The molecular formula is C12H16O. The summed E-state index contributed by atoms with van der Waals surface area (Å²) in [4.78, 5) is 11.8. The second-order valence-corrected chi connectivity index (χ2v) is 4.37. The maximum absolute atomic E-state index is 11.8. The number of carbonyl (C=O) groups excluding carboxylic acids is 1. The molecule has 0 aliphatic heterocycles. The van der Waals surface area contributed by atoms with Gasteiger partial charge in [-0.05, 0) is 25.2 Å². The van der Waals surface area contributed by atoms with Gasteiger partial charge in [-0.2, -0.15) is 0 Å². The van der Waals surface area contributed by atoms with Crippen LogP contribution in [0.4, 0.5) is 0 Å². The van der Waals surface area contributed by atoms with E-state index >= 15 is 0 Å². The molecular weight excluding hydrogens is 160 g/mol. The lowest BCUT2D eigenvalue weighted by molar-refractivity contribution is -0.131. The van der Waals surface area contributed by atoms with E-state index in [9.17, 15) is 4.79 Å². The second-order valence-electron chi connectivity index (χ2n) is 4.37. The summed E-state index contributed by atoms with van der Waals surface area (Å²) in [7, 11) is 0. The van der Waals surface area contributed by atoms with Gasteiger partial charge in [-0.1, -0.05) is 24.6 Å². The minimum Gasteiger partial charge on any atom is -0.299 e. The minimum absolute atomic E-state index is 0.137. The lowest BCUT2D eigenvalue weighted by Crippen LogP contribution is -2.42. The van der Waals surface area contributed by atoms with Crippen molar-refractivity contribution in [2.75, 3.05) is 0 Å². The molecule has 0 saturated heterocycles. The zero-order valence-corrected chi connectivity index (χ0v) is 8.29. The van der Waals surface area contributed by atoms with E-state index in [1.165, 1.54) is 5.57 Å². The largest absolute Gasteiger partial charge is 0.299 e. The van der Waals surface area contributed by atoms with E-state index in [-0.39, 0.29) is 11.8 Å². The summed E-state index contributed by atoms with van der Waals surface area (Å²) in [5, 5.41) is 0. The highest BCUT2D eigenvalue weighted by atomic mass is 16.1. The van der Waals surface area contributed by atoms with Gasteiger partial charge in [0.15, 0.2) is 0 Å². The Bertz CT molecular complexity index is 287. The molecule has 1 unspecified atom stereocenters. The Morgan fingerprint density at radius 1 is 1.62 bits per heavy atom. The molecule has 70 valence electrons. The maximum Gasteiger partial charge on any atom is 0.143 e. The predicted molar refractivity (Wildman–Crippen MR) is 53.2 cm³/mol. The van der Waals surface area contributed by atoms with Crippen LogP contribution in [0.5, 0.6) is 0 Å². The van der Waals surface area contributed by atoms with Crippen molar-refractivity contribution in [1.29, 1.82) is 0 Å². The molecule has 0 aromatic rings. The van der Waals surface area contributed by atoms with Crippen LogP contribution in [-0.4, -0.2) is 5.78 Å². The van der Waals surface area contributed by atoms with Gasteiger partial charge in [0.1, 0.15) is 5.78 Å². The third kappa shape index (κ3) is 1.10. The van der Waals surface area contributed by atoms with Crippen molar-refractivity contribution in [2.45, 2.75) is 20.3 Å². The lowest BCUT2D eigenvalue weighted by atomic mass is 9.61. The van der Waals surface area contributed by atoms with Crippen LogP contribution >= 0.6 is 0 Å². The molecule has 0 aromatic heterocycles. The monoisotopic (exact) mass is 176 g/mol. The van der Waals surface area contributed by atoms with E-state index in [4.69, 9.17) is 0 Å². The summed E-state index contributed by atoms with van der Waals surface area (Å²) in [6.45, 7) is 8.02. The summed E-state index contributed by atoms with van der Waals surface area (Å²) in [5.74, 6) is 1.69. The summed E-state index contributed by atoms with van der Waals surface area (Å²) in [6, 6.07) is 0. The van der Waals surface area contributed by atoms with Crippen molar-refractivity contribution in [3.8, 4) is 0 Å². The van der Waals surface area contributed by atoms with E-state index in [0.29, 0.717) is 17.6 Å². The highest BCUT2D eigenvalue weighted by Crippen LogP contribution is 2.45. The lowest BCUT2D eigenvalue weighted by Gasteiger charge is -2.42. The molecule has 0 heterocycles. The molecule has 0 aromatic carbocycles. The normalized spacial score (nSPS) is 43.2. The van der Waals surface area contributed by atoms with Crippen molar-refractivity contribution in [2.24, 2.45) is 23.7 Å². The first-order valence-electron chi connectivity index (χ1n) is 4.99. The van der Waals surface area contributed by atoms with E-state index in [2.05, 4.69) is 26.5 Å². The van der Waals surface area contributed by atoms with Crippen LogP contribution in [0.15, 0.2) is 24.3 Å². The van der Waals surface area contributed by atoms with Crippen molar-refractivity contribution in [3.05, 3.63) is 24.3 Å². The number of Topliss-reactive ketones (excluding diaryl/α,β-unsaturated/α-hetero) is 1. The van der Waals surface area contributed by atoms with Crippen molar-refractivity contribution in [3.63, 3.8) is 0 Å². The van der Waals surface area contributed by atoms with E-state index < -0.39 is 0 Å². The van der Waals surface area contributed by atoms with E-state index in [1.807, 2.05) is 6.08 Å². The molecule has 2 bridgehead atoms. The molecule has 1 nitrogen and oxygen atoms in total. The van der Waals surface area contributed by atoms with E-state index in [0.717, 1.165) is 6.42 Å². The van der Waals surface area contributed by atoms with Gasteiger partial charge >= 0.3 is 0 Å². The zero-order chi connectivity index (χ0) is 9.59. The molecule has 3 rings (SSSR count). The molecule has 1 heteroatoms. The van der Waals surface area contributed by atoms with Gasteiger partial charge < -0.3 is 0 Å². The van der Waals surface area contributed by atoms with Crippen LogP contribution in [0.3, 0.4) is 0 Å². The fourth-order valence-corrected chi connectivity index (χ4v) is 2.79. The summed E-state index contributed by atoms with van der Waals surface area (Å²) in [5.41, 5.74) is 1.41. The standard InChI is InChI=1S/C12H16O/c1-4-9-6-10-7(2)5-11(9)12(13)8(10)3/h4-5,8-11H,1,6H2,2-3H3/t8?,9-,10-,11-/m1/s1. The predicted octanol–water partition coefficient (Wildman–Crippen LogP) is 2.59. The van der Waals surface area contributed by atoms with Crippen LogP contribution in [0.25, 0.3) is 0 Å². The van der Waals surface area contributed by atoms with Gasteiger partial charge in [-0.25, -0.2) is 0 Å². The van der Waals surface area contributed by atoms with Crippen LogP contribution in [0.1, 0.15) is 20.3 Å². The number of hydrogen-bond donors (Lipinski definition) is 0. The van der Waals surface area contributed by atoms with Crippen molar-refractivity contribution < 1.29 is 4.79 Å².